The highest BCUT2D eigenvalue weighted by molar-refractivity contribution is 7.21. The lowest BCUT2D eigenvalue weighted by Crippen LogP contribution is -2.20. The number of ether oxygens (including phenoxy) is 1. The number of aryl methyl sites for hydroxylation is 1. The number of anilines is 1. The molecule has 9 heteroatoms. The van der Waals surface area contributed by atoms with Gasteiger partial charge in [-0.05, 0) is 66.6 Å². The highest BCUT2D eigenvalue weighted by Crippen LogP contribution is 2.31. The predicted octanol–water partition coefficient (Wildman–Crippen LogP) is 4.71. The van der Waals surface area contributed by atoms with Crippen molar-refractivity contribution in [1.29, 1.82) is 0 Å². The summed E-state index contributed by atoms with van der Waals surface area (Å²) in [5.41, 5.74) is 5.10. The number of carbonyl (C=O) groups is 2. The van der Waals surface area contributed by atoms with Crippen LogP contribution in [0.2, 0.25) is 0 Å². The topological polar surface area (TPSA) is 99.0 Å². The molecule has 1 amide bonds. The molecule has 0 saturated carbocycles. The van der Waals surface area contributed by atoms with Crippen molar-refractivity contribution in [2.75, 3.05) is 11.9 Å². The van der Waals surface area contributed by atoms with Gasteiger partial charge >= 0.3 is 5.97 Å². The van der Waals surface area contributed by atoms with Gasteiger partial charge in [-0.15, -0.1) is 11.3 Å². The SMILES string of the molecule is Cc1ccc2nc(-c3ccc(NC(=O)COC(=O)c4ccc(Cn5cncn5)cc4)cc3)sc2c1. The third kappa shape index (κ3) is 5.42. The molecule has 2 aromatic heterocycles. The van der Waals surface area contributed by atoms with Crippen molar-refractivity contribution in [2.24, 2.45) is 0 Å². The van der Waals surface area contributed by atoms with Crippen molar-refractivity contribution in [1.82, 2.24) is 19.7 Å². The van der Waals surface area contributed by atoms with Gasteiger partial charge in [0.05, 0.1) is 22.3 Å². The summed E-state index contributed by atoms with van der Waals surface area (Å²) in [7, 11) is 0. The first-order valence-electron chi connectivity index (χ1n) is 10.9. The quantitative estimate of drug-likeness (QED) is 0.337. The zero-order valence-electron chi connectivity index (χ0n) is 18.8. The lowest BCUT2D eigenvalue weighted by atomic mass is 10.1. The van der Waals surface area contributed by atoms with Crippen LogP contribution in [0.1, 0.15) is 21.5 Å². The summed E-state index contributed by atoms with van der Waals surface area (Å²) in [5.74, 6) is -0.974. The van der Waals surface area contributed by atoms with Crippen LogP contribution in [0.3, 0.4) is 0 Å². The number of benzene rings is 3. The summed E-state index contributed by atoms with van der Waals surface area (Å²) in [6, 6.07) is 20.6. The highest BCUT2D eigenvalue weighted by Gasteiger charge is 2.12. The Kier molecular flexibility index (Phi) is 6.32. The standard InChI is InChI=1S/C26H21N5O3S/c1-17-2-11-22-23(12-17)35-25(30-22)19-7-9-21(10-8-19)29-24(32)14-34-26(33)20-5-3-18(4-6-20)13-31-16-27-15-28-31/h2-12,15-16H,13-14H2,1H3,(H,29,32). The number of esters is 1. The Morgan fingerprint density at radius 2 is 1.83 bits per heavy atom. The van der Waals surface area contributed by atoms with Gasteiger partial charge in [-0.2, -0.15) is 5.10 Å². The first kappa shape index (κ1) is 22.4. The van der Waals surface area contributed by atoms with Crippen molar-refractivity contribution >= 4 is 39.1 Å². The molecule has 0 fully saturated rings. The molecule has 0 aliphatic rings. The summed E-state index contributed by atoms with van der Waals surface area (Å²) in [6.07, 6.45) is 3.09. The second-order valence-electron chi connectivity index (χ2n) is 7.98. The zero-order chi connectivity index (χ0) is 24.2. The van der Waals surface area contributed by atoms with Crippen molar-refractivity contribution in [3.63, 3.8) is 0 Å². The van der Waals surface area contributed by atoms with Crippen molar-refractivity contribution in [3.05, 3.63) is 96.1 Å². The molecule has 3 aromatic carbocycles. The van der Waals surface area contributed by atoms with E-state index >= 15 is 0 Å². The van der Waals surface area contributed by atoms with Gasteiger partial charge < -0.3 is 10.1 Å². The molecule has 0 bridgehead atoms. The number of nitrogens with one attached hydrogen (secondary N) is 1. The van der Waals surface area contributed by atoms with Gasteiger partial charge in [0.2, 0.25) is 0 Å². The van der Waals surface area contributed by atoms with Crippen molar-refractivity contribution in [3.8, 4) is 10.6 Å². The van der Waals surface area contributed by atoms with Crippen LogP contribution in [0, 0.1) is 6.92 Å². The summed E-state index contributed by atoms with van der Waals surface area (Å²) >= 11 is 1.63. The second-order valence-corrected chi connectivity index (χ2v) is 9.01. The fourth-order valence-electron chi connectivity index (χ4n) is 3.51. The van der Waals surface area contributed by atoms with Gasteiger partial charge in [0, 0.05) is 11.3 Å². The maximum absolute atomic E-state index is 12.3. The van der Waals surface area contributed by atoms with Gasteiger partial charge in [-0.3, -0.25) is 4.79 Å². The monoisotopic (exact) mass is 483 g/mol. The number of hydrogen-bond acceptors (Lipinski definition) is 7. The normalized spacial score (nSPS) is 10.9. The smallest absolute Gasteiger partial charge is 0.338 e. The summed E-state index contributed by atoms with van der Waals surface area (Å²) in [5, 5.41) is 7.72. The Balaban J connectivity index is 1.14. The molecule has 8 nitrogen and oxygen atoms in total. The van der Waals surface area contributed by atoms with Crippen molar-refractivity contribution in [2.45, 2.75) is 13.5 Å². The van der Waals surface area contributed by atoms with Gasteiger partial charge in [0.1, 0.15) is 17.7 Å². The minimum absolute atomic E-state index is 0.371. The lowest BCUT2D eigenvalue weighted by Gasteiger charge is -2.08. The van der Waals surface area contributed by atoms with E-state index in [-0.39, 0.29) is 6.61 Å². The molecule has 174 valence electrons. The number of thiazole rings is 1. The average molecular weight is 484 g/mol. The molecule has 0 saturated heterocycles. The van der Waals surface area contributed by atoms with E-state index in [0.29, 0.717) is 17.8 Å². The van der Waals surface area contributed by atoms with Gasteiger partial charge in [-0.1, -0.05) is 18.2 Å². The van der Waals surface area contributed by atoms with Crippen LogP contribution >= 0.6 is 11.3 Å². The van der Waals surface area contributed by atoms with E-state index in [1.165, 1.54) is 11.9 Å². The van der Waals surface area contributed by atoms with E-state index in [4.69, 9.17) is 4.74 Å². The molecule has 5 rings (SSSR count). The molecule has 35 heavy (non-hydrogen) atoms. The molecule has 5 aromatic rings. The van der Waals surface area contributed by atoms with Gasteiger partial charge in [0.15, 0.2) is 6.61 Å². The van der Waals surface area contributed by atoms with E-state index in [1.807, 2.05) is 36.4 Å². The van der Waals surface area contributed by atoms with Crippen LogP contribution in [-0.2, 0) is 16.1 Å². The average Bonchev–Trinajstić information content (AvgIpc) is 3.53. The minimum atomic E-state index is -0.561. The molecule has 0 aliphatic heterocycles. The molecule has 2 heterocycles. The third-order valence-corrected chi connectivity index (χ3v) is 6.36. The van der Waals surface area contributed by atoms with Crippen LogP contribution in [0.5, 0.6) is 0 Å². The van der Waals surface area contributed by atoms with Gasteiger partial charge in [-0.25, -0.2) is 19.4 Å². The Hall–Kier alpha value is -4.37. The van der Waals surface area contributed by atoms with E-state index in [2.05, 4.69) is 33.4 Å². The van der Waals surface area contributed by atoms with Crippen LogP contribution in [0.25, 0.3) is 20.8 Å². The molecule has 0 unspecified atom stereocenters. The first-order valence-corrected chi connectivity index (χ1v) is 11.7. The molecule has 0 radical (unpaired) electrons. The molecule has 0 aliphatic carbocycles. The fourth-order valence-corrected chi connectivity index (χ4v) is 4.58. The maximum Gasteiger partial charge on any atom is 0.338 e. The number of fused-ring (bicyclic) bond motifs is 1. The van der Waals surface area contributed by atoms with Gasteiger partial charge in [0.25, 0.3) is 5.91 Å². The molecule has 0 atom stereocenters. The van der Waals surface area contributed by atoms with E-state index in [0.717, 1.165) is 26.4 Å². The van der Waals surface area contributed by atoms with E-state index in [1.54, 1.807) is 46.6 Å². The van der Waals surface area contributed by atoms with Crippen LogP contribution < -0.4 is 5.32 Å². The van der Waals surface area contributed by atoms with E-state index in [9.17, 15) is 9.59 Å². The summed E-state index contributed by atoms with van der Waals surface area (Å²) in [4.78, 5) is 33.1. The third-order valence-electron chi connectivity index (χ3n) is 5.29. The minimum Gasteiger partial charge on any atom is -0.452 e. The Labute approximate surface area is 205 Å². The molecular weight excluding hydrogens is 462 g/mol. The van der Waals surface area contributed by atoms with Crippen molar-refractivity contribution < 1.29 is 14.3 Å². The number of aromatic nitrogens is 4. The zero-order valence-corrected chi connectivity index (χ0v) is 19.7. The number of hydrogen-bond donors (Lipinski definition) is 1. The number of nitrogens with zero attached hydrogens (tertiary/aromatic N) is 4. The Bertz CT molecular complexity index is 1480. The predicted molar refractivity (Wildman–Crippen MR) is 134 cm³/mol. The summed E-state index contributed by atoms with van der Waals surface area (Å²) < 4.78 is 7.98. The number of rotatable bonds is 7. The Morgan fingerprint density at radius 1 is 1.03 bits per heavy atom. The number of amides is 1. The second kappa shape index (κ2) is 9.86. The van der Waals surface area contributed by atoms with Crippen LogP contribution in [0.15, 0.2) is 79.4 Å². The molecular formula is C26H21N5O3S. The van der Waals surface area contributed by atoms with Crippen LogP contribution in [-0.4, -0.2) is 38.2 Å². The largest absolute Gasteiger partial charge is 0.452 e. The summed E-state index contributed by atoms with van der Waals surface area (Å²) in [6.45, 7) is 2.24. The lowest BCUT2D eigenvalue weighted by molar-refractivity contribution is -0.119. The Morgan fingerprint density at radius 3 is 2.57 bits per heavy atom. The van der Waals surface area contributed by atoms with E-state index < -0.39 is 11.9 Å². The molecule has 0 spiro atoms. The highest BCUT2D eigenvalue weighted by atomic mass is 32.1. The molecule has 1 N–H and O–H groups in total. The number of carbonyl (C=O) groups excluding carboxylic acids is 2. The van der Waals surface area contributed by atoms with Crippen LogP contribution in [0.4, 0.5) is 5.69 Å². The maximum atomic E-state index is 12.3. The first-order chi connectivity index (χ1) is 17.0. The fraction of sp³-hybridized carbons (Fsp3) is 0.115.